The number of hydrogen-bond acceptors (Lipinski definition) is 6. The first-order chi connectivity index (χ1) is 18.7. The molecule has 2 amide bonds. The molecule has 8 nitrogen and oxygen atoms in total. The Morgan fingerprint density at radius 2 is 1.90 bits per heavy atom. The Bertz CT molecular complexity index is 1190. The molecule has 0 aromatic heterocycles. The number of rotatable bonds is 5. The van der Waals surface area contributed by atoms with E-state index in [4.69, 9.17) is 9.47 Å². The van der Waals surface area contributed by atoms with Crippen LogP contribution >= 0.6 is 0 Å². The summed E-state index contributed by atoms with van der Waals surface area (Å²) in [5.41, 5.74) is 1.39. The van der Waals surface area contributed by atoms with Crippen molar-refractivity contribution in [1.82, 2.24) is 4.90 Å². The van der Waals surface area contributed by atoms with Gasteiger partial charge < -0.3 is 24.4 Å². The fourth-order valence-electron chi connectivity index (χ4n) is 6.80. The highest BCUT2D eigenvalue weighted by molar-refractivity contribution is 6.06. The van der Waals surface area contributed by atoms with Crippen molar-refractivity contribution in [2.75, 3.05) is 24.7 Å². The third-order valence-electron chi connectivity index (χ3n) is 8.54. The Labute approximate surface area is 230 Å². The van der Waals surface area contributed by atoms with Crippen LogP contribution in [0.4, 0.5) is 5.69 Å². The molecule has 6 atom stereocenters. The molecule has 1 unspecified atom stereocenters. The molecule has 210 valence electrons. The maximum atomic E-state index is 14.6. The number of aryl methyl sites for hydroxylation is 2. The van der Waals surface area contributed by atoms with E-state index in [0.29, 0.717) is 19.6 Å². The van der Waals surface area contributed by atoms with Gasteiger partial charge in [-0.25, -0.2) is 0 Å². The van der Waals surface area contributed by atoms with Gasteiger partial charge in [-0.15, -0.1) is 0 Å². The summed E-state index contributed by atoms with van der Waals surface area (Å²) in [4.78, 5) is 45.7. The summed E-state index contributed by atoms with van der Waals surface area (Å²) in [7, 11) is 0. The summed E-state index contributed by atoms with van der Waals surface area (Å²) < 4.78 is 12.3. The number of likely N-dealkylation sites (tertiary alicyclic amines) is 1. The quantitative estimate of drug-likeness (QED) is 0.457. The van der Waals surface area contributed by atoms with E-state index in [9.17, 15) is 19.5 Å². The zero-order valence-corrected chi connectivity index (χ0v) is 23.3. The Balaban J connectivity index is 1.66. The van der Waals surface area contributed by atoms with Crippen LogP contribution in [0.1, 0.15) is 50.7 Å². The predicted octanol–water partition coefficient (Wildman–Crippen LogP) is 3.48. The third-order valence-corrected chi connectivity index (χ3v) is 8.54. The van der Waals surface area contributed by atoms with Crippen LogP contribution in [0.5, 0.6) is 0 Å². The molecule has 4 aliphatic rings. The largest absolute Gasteiger partial charge is 0.465 e. The molecular formula is C31H40N2O6. The topological polar surface area (TPSA) is 96.4 Å². The number of aliphatic hydroxyl groups excluding tert-OH is 1. The molecule has 1 spiro atoms. The van der Waals surface area contributed by atoms with Gasteiger partial charge in [-0.1, -0.05) is 50.3 Å². The minimum atomic E-state index is -1.35. The third kappa shape index (κ3) is 4.72. The second-order valence-corrected chi connectivity index (χ2v) is 11.8. The lowest BCUT2D eigenvalue weighted by Crippen LogP contribution is -2.58. The van der Waals surface area contributed by atoms with Crippen LogP contribution in [-0.4, -0.2) is 71.3 Å². The van der Waals surface area contributed by atoms with Gasteiger partial charge in [0.2, 0.25) is 5.91 Å². The first-order valence-electron chi connectivity index (χ1n) is 14.2. The van der Waals surface area contributed by atoms with E-state index in [2.05, 4.69) is 0 Å². The fraction of sp³-hybridized carbons (Fsp3) is 0.581. The van der Waals surface area contributed by atoms with Gasteiger partial charge in [-0.05, 0) is 62.6 Å². The number of esters is 1. The van der Waals surface area contributed by atoms with Crippen LogP contribution in [0.3, 0.4) is 0 Å². The molecule has 2 fully saturated rings. The van der Waals surface area contributed by atoms with E-state index in [1.54, 1.807) is 4.90 Å². The van der Waals surface area contributed by atoms with Crippen LogP contribution in [0, 0.1) is 31.6 Å². The highest BCUT2D eigenvalue weighted by Crippen LogP contribution is 2.54. The summed E-state index contributed by atoms with van der Waals surface area (Å²) in [5, 5.41) is 10.5. The molecule has 0 bridgehead atoms. The van der Waals surface area contributed by atoms with Gasteiger partial charge in [0.05, 0.1) is 31.3 Å². The van der Waals surface area contributed by atoms with E-state index < -0.39 is 41.6 Å². The smallest absolute Gasteiger partial charge is 0.312 e. The van der Waals surface area contributed by atoms with Gasteiger partial charge in [0.25, 0.3) is 5.91 Å². The Morgan fingerprint density at radius 1 is 1.10 bits per heavy atom. The van der Waals surface area contributed by atoms with Crippen molar-refractivity contribution < 1.29 is 29.0 Å². The number of nitrogens with zero attached hydrogens (tertiary/aromatic N) is 2. The van der Waals surface area contributed by atoms with E-state index in [-0.39, 0.29) is 24.3 Å². The zero-order chi connectivity index (χ0) is 27.9. The highest BCUT2D eigenvalue weighted by Gasteiger charge is 2.72. The van der Waals surface area contributed by atoms with Crippen molar-refractivity contribution in [3.8, 4) is 0 Å². The van der Waals surface area contributed by atoms with E-state index in [1.807, 2.05) is 70.2 Å². The normalized spacial score (nSPS) is 32.4. The van der Waals surface area contributed by atoms with Crippen LogP contribution in [0.15, 0.2) is 42.5 Å². The van der Waals surface area contributed by atoms with Crippen molar-refractivity contribution in [1.29, 1.82) is 0 Å². The average molecular weight is 537 g/mol. The monoisotopic (exact) mass is 536 g/mol. The van der Waals surface area contributed by atoms with Crippen LogP contribution < -0.4 is 4.90 Å². The number of fused-ring (bicyclic) bond motifs is 2. The molecule has 0 saturated carbocycles. The molecule has 0 aliphatic carbocycles. The molecule has 4 aliphatic heterocycles. The molecule has 1 aromatic rings. The second-order valence-electron chi connectivity index (χ2n) is 11.8. The standard InChI is InChI=1S/C31H40N2O6/c1-19(2)16-22(18-34)33-27-29(36)32(23-17-20(3)11-12-21(23)4)14-9-13-31(27)26(28(33)35)25-24(39-31)10-7-5-6-8-15-38-30(25)37/h7,9-13,17,19,22,24-27,34H,5-6,8,14-16,18H2,1-4H3/b10-7-/t22-,24+,25-,26+,27?,31+/m1/s1. The number of cyclic esters (lactones) is 1. The van der Waals surface area contributed by atoms with E-state index in [0.717, 1.165) is 36.1 Å². The van der Waals surface area contributed by atoms with Gasteiger partial charge in [0.1, 0.15) is 17.6 Å². The molecule has 5 rings (SSSR count). The number of aliphatic hydroxyl groups is 1. The fourth-order valence-corrected chi connectivity index (χ4v) is 6.80. The lowest BCUT2D eigenvalue weighted by Gasteiger charge is -2.39. The van der Waals surface area contributed by atoms with Gasteiger partial charge in [0.15, 0.2) is 0 Å². The zero-order valence-electron chi connectivity index (χ0n) is 23.3. The van der Waals surface area contributed by atoms with E-state index >= 15 is 0 Å². The number of anilines is 1. The maximum Gasteiger partial charge on any atom is 0.312 e. The number of hydrogen-bond donors (Lipinski definition) is 1. The molecular weight excluding hydrogens is 496 g/mol. The SMILES string of the molecule is Cc1ccc(C)c(N2CC=C[C@]34O[C@H]5/C=C\CCCCOC(=O)[C@H]5[C@H]3C(=O)N([C@@H](CO)CC(C)C)C4C2=O)c1. The van der Waals surface area contributed by atoms with Crippen LogP contribution in [0.2, 0.25) is 0 Å². The lowest BCUT2D eigenvalue weighted by molar-refractivity contribution is -0.155. The molecule has 2 saturated heterocycles. The Kier molecular flexibility index (Phi) is 7.71. The minimum Gasteiger partial charge on any atom is -0.465 e. The summed E-state index contributed by atoms with van der Waals surface area (Å²) in [6, 6.07) is 4.35. The Hall–Kier alpha value is -2.97. The van der Waals surface area contributed by atoms with Gasteiger partial charge >= 0.3 is 5.97 Å². The molecule has 39 heavy (non-hydrogen) atoms. The summed E-state index contributed by atoms with van der Waals surface area (Å²) in [5.74, 6) is -2.70. The van der Waals surface area contributed by atoms with Crippen molar-refractivity contribution in [2.24, 2.45) is 17.8 Å². The second kappa shape index (κ2) is 10.9. The average Bonchev–Trinajstić information content (AvgIpc) is 3.29. The van der Waals surface area contributed by atoms with Crippen molar-refractivity contribution in [2.45, 2.75) is 77.2 Å². The number of amides is 2. The molecule has 4 heterocycles. The van der Waals surface area contributed by atoms with Gasteiger partial charge in [0, 0.05) is 12.2 Å². The van der Waals surface area contributed by atoms with Gasteiger partial charge in [-0.3, -0.25) is 14.4 Å². The minimum absolute atomic E-state index is 0.174. The number of carbonyl (C=O) groups is 3. The van der Waals surface area contributed by atoms with Crippen molar-refractivity contribution in [3.63, 3.8) is 0 Å². The molecule has 8 heteroatoms. The number of carbonyl (C=O) groups excluding carboxylic acids is 3. The number of allylic oxidation sites excluding steroid dienone is 1. The molecule has 0 radical (unpaired) electrons. The Morgan fingerprint density at radius 3 is 2.64 bits per heavy atom. The molecule has 1 N–H and O–H groups in total. The summed E-state index contributed by atoms with van der Waals surface area (Å²) in [6.45, 7) is 8.29. The van der Waals surface area contributed by atoms with Gasteiger partial charge in [-0.2, -0.15) is 0 Å². The highest BCUT2D eigenvalue weighted by atomic mass is 16.6. The van der Waals surface area contributed by atoms with Crippen LogP contribution in [-0.2, 0) is 23.9 Å². The van der Waals surface area contributed by atoms with Crippen molar-refractivity contribution in [3.05, 3.63) is 53.6 Å². The lowest BCUT2D eigenvalue weighted by atomic mass is 9.78. The van der Waals surface area contributed by atoms with E-state index in [1.165, 1.54) is 4.90 Å². The predicted molar refractivity (Wildman–Crippen MR) is 147 cm³/mol. The number of ether oxygens (including phenoxy) is 2. The first kappa shape index (κ1) is 27.6. The summed E-state index contributed by atoms with van der Waals surface area (Å²) >= 11 is 0. The molecule has 1 aromatic carbocycles. The van der Waals surface area contributed by atoms with Crippen LogP contribution in [0.25, 0.3) is 0 Å². The first-order valence-corrected chi connectivity index (χ1v) is 14.2. The number of benzene rings is 1. The maximum absolute atomic E-state index is 14.6. The van der Waals surface area contributed by atoms with Crippen molar-refractivity contribution >= 4 is 23.5 Å². The summed E-state index contributed by atoms with van der Waals surface area (Å²) in [6.07, 6.45) is 9.87.